The number of hydrogen-bond acceptors (Lipinski definition) is 4. The number of carboxylic acid groups (broad SMARTS) is 1. The van der Waals surface area contributed by atoms with Gasteiger partial charge in [-0.1, -0.05) is 24.3 Å². The summed E-state index contributed by atoms with van der Waals surface area (Å²) in [7, 11) is 1.80. The molecule has 1 atom stereocenters. The largest absolute Gasteiger partial charge is 0.480 e. The minimum absolute atomic E-state index is 0.209. The first-order chi connectivity index (χ1) is 11.9. The lowest BCUT2D eigenvalue weighted by atomic mass is 9.94. The second-order valence-electron chi connectivity index (χ2n) is 6.26. The van der Waals surface area contributed by atoms with Crippen LogP contribution in [-0.2, 0) is 29.6 Å². The Morgan fingerprint density at radius 1 is 1.28 bits per heavy atom. The monoisotopic (exact) mass is 343 g/mol. The number of fused-ring (bicyclic) bond motifs is 1. The molecule has 1 aromatic heterocycles. The summed E-state index contributed by atoms with van der Waals surface area (Å²) in [5, 5.41) is 13.8. The summed E-state index contributed by atoms with van der Waals surface area (Å²) in [4.78, 5) is 25.6. The predicted octanol–water partition coefficient (Wildman–Crippen LogP) is 1.45. The number of aromatic nitrogens is 2. The third kappa shape index (κ3) is 3.22. The van der Waals surface area contributed by atoms with E-state index in [-0.39, 0.29) is 19.1 Å². The molecule has 2 aromatic rings. The number of benzene rings is 1. The first kappa shape index (κ1) is 17.0. The van der Waals surface area contributed by atoms with Crippen LogP contribution in [0.4, 0.5) is 0 Å². The SMILES string of the molecule is Cc1nn(C)c(C)c1OCC(=O)N1Cc2ccccc2C[C@@H]1C(=O)O. The Hall–Kier alpha value is -2.83. The van der Waals surface area contributed by atoms with Crippen LogP contribution in [0.5, 0.6) is 5.75 Å². The number of carbonyl (C=O) groups is 2. The zero-order valence-corrected chi connectivity index (χ0v) is 14.5. The van der Waals surface area contributed by atoms with Crippen LogP contribution in [0.2, 0.25) is 0 Å². The van der Waals surface area contributed by atoms with Gasteiger partial charge in [0.1, 0.15) is 11.7 Å². The molecule has 0 saturated carbocycles. The second kappa shape index (κ2) is 6.58. The third-order valence-corrected chi connectivity index (χ3v) is 4.64. The lowest BCUT2D eigenvalue weighted by Crippen LogP contribution is -2.50. The quantitative estimate of drug-likeness (QED) is 0.908. The molecule has 0 fully saturated rings. The van der Waals surface area contributed by atoms with Crippen molar-refractivity contribution in [1.29, 1.82) is 0 Å². The van der Waals surface area contributed by atoms with Gasteiger partial charge < -0.3 is 14.7 Å². The maximum atomic E-state index is 12.6. The normalized spacial score (nSPS) is 16.4. The maximum absolute atomic E-state index is 12.6. The topological polar surface area (TPSA) is 84.7 Å². The maximum Gasteiger partial charge on any atom is 0.326 e. The van der Waals surface area contributed by atoms with Gasteiger partial charge in [0, 0.05) is 20.0 Å². The highest BCUT2D eigenvalue weighted by Crippen LogP contribution is 2.25. The molecular weight excluding hydrogens is 322 g/mol. The average molecular weight is 343 g/mol. The first-order valence-electron chi connectivity index (χ1n) is 8.10. The van der Waals surface area contributed by atoms with Gasteiger partial charge in [0.05, 0.1) is 5.69 Å². The molecule has 0 spiro atoms. The van der Waals surface area contributed by atoms with E-state index in [4.69, 9.17) is 4.74 Å². The molecule has 0 aliphatic carbocycles. The highest BCUT2D eigenvalue weighted by Gasteiger charge is 2.34. The Morgan fingerprint density at radius 3 is 2.56 bits per heavy atom. The van der Waals surface area contributed by atoms with Crippen LogP contribution >= 0.6 is 0 Å². The lowest BCUT2D eigenvalue weighted by molar-refractivity contribution is -0.152. The van der Waals surface area contributed by atoms with Crippen molar-refractivity contribution in [2.75, 3.05) is 6.61 Å². The van der Waals surface area contributed by atoms with Crippen molar-refractivity contribution in [3.63, 3.8) is 0 Å². The molecule has 0 radical (unpaired) electrons. The molecule has 132 valence electrons. The molecule has 1 aliphatic rings. The summed E-state index contributed by atoms with van der Waals surface area (Å²) in [5.74, 6) is -0.777. The van der Waals surface area contributed by atoms with E-state index >= 15 is 0 Å². The van der Waals surface area contributed by atoms with Crippen LogP contribution in [0.25, 0.3) is 0 Å². The van der Waals surface area contributed by atoms with Crippen LogP contribution < -0.4 is 4.74 Å². The van der Waals surface area contributed by atoms with Crippen LogP contribution in [-0.4, -0.2) is 44.3 Å². The highest BCUT2D eigenvalue weighted by atomic mass is 16.5. The zero-order chi connectivity index (χ0) is 18.1. The second-order valence-corrected chi connectivity index (χ2v) is 6.26. The molecule has 25 heavy (non-hydrogen) atoms. The van der Waals surface area contributed by atoms with E-state index < -0.39 is 12.0 Å². The first-order valence-corrected chi connectivity index (χ1v) is 8.10. The molecule has 1 aliphatic heterocycles. The smallest absolute Gasteiger partial charge is 0.326 e. The molecule has 1 aromatic carbocycles. The number of carbonyl (C=O) groups excluding carboxylic acids is 1. The van der Waals surface area contributed by atoms with E-state index in [9.17, 15) is 14.7 Å². The van der Waals surface area contributed by atoms with E-state index in [2.05, 4.69) is 5.10 Å². The Kier molecular flexibility index (Phi) is 4.48. The van der Waals surface area contributed by atoms with E-state index in [1.54, 1.807) is 11.7 Å². The zero-order valence-electron chi connectivity index (χ0n) is 14.5. The Morgan fingerprint density at radius 2 is 1.96 bits per heavy atom. The lowest BCUT2D eigenvalue weighted by Gasteiger charge is -2.34. The molecule has 1 N–H and O–H groups in total. The number of ether oxygens (including phenoxy) is 1. The summed E-state index contributed by atoms with van der Waals surface area (Å²) in [6, 6.07) is 6.73. The van der Waals surface area contributed by atoms with Gasteiger partial charge in [0.2, 0.25) is 0 Å². The molecule has 0 saturated heterocycles. The molecule has 1 amide bonds. The molecule has 3 rings (SSSR count). The molecule has 2 heterocycles. The Balaban J connectivity index is 1.77. The molecule has 7 nitrogen and oxygen atoms in total. The fourth-order valence-electron chi connectivity index (χ4n) is 3.19. The van der Waals surface area contributed by atoms with Crippen LogP contribution in [0.1, 0.15) is 22.5 Å². The highest BCUT2D eigenvalue weighted by molar-refractivity contribution is 5.85. The molecule has 0 bridgehead atoms. The van der Waals surface area contributed by atoms with Gasteiger partial charge in [-0.3, -0.25) is 9.48 Å². The number of hydrogen-bond donors (Lipinski definition) is 1. The Labute approximate surface area is 145 Å². The fraction of sp³-hybridized carbons (Fsp3) is 0.389. The van der Waals surface area contributed by atoms with E-state index in [0.717, 1.165) is 16.8 Å². The number of nitrogens with zero attached hydrogens (tertiary/aromatic N) is 3. The van der Waals surface area contributed by atoms with Crippen LogP contribution in [0, 0.1) is 13.8 Å². The predicted molar refractivity (Wildman–Crippen MR) is 90.3 cm³/mol. The molecular formula is C18H21N3O4. The van der Waals surface area contributed by atoms with Gasteiger partial charge in [-0.05, 0) is 25.0 Å². The molecule has 7 heteroatoms. The van der Waals surface area contributed by atoms with E-state index in [0.29, 0.717) is 17.9 Å². The van der Waals surface area contributed by atoms with Crippen LogP contribution in [0.3, 0.4) is 0 Å². The number of rotatable bonds is 4. The van der Waals surface area contributed by atoms with Gasteiger partial charge in [0.25, 0.3) is 5.91 Å². The van der Waals surface area contributed by atoms with Crippen molar-refractivity contribution in [2.24, 2.45) is 7.05 Å². The van der Waals surface area contributed by atoms with Gasteiger partial charge >= 0.3 is 5.97 Å². The average Bonchev–Trinajstić information content (AvgIpc) is 2.83. The molecule has 0 unspecified atom stereocenters. The van der Waals surface area contributed by atoms with Crippen molar-refractivity contribution in [2.45, 2.75) is 32.9 Å². The van der Waals surface area contributed by atoms with Crippen molar-refractivity contribution in [3.8, 4) is 5.75 Å². The standard InChI is InChI=1S/C18H21N3O4/c1-11-17(12(2)20(3)19-11)25-10-16(22)21-9-14-7-5-4-6-13(14)8-15(21)18(23)24/h4-7,15H,8-10H2,1-3H3,(H,23,24)/t15-/m1/s1. The fourth-order valence-corrected chi connectivity index (χ4v) is 3.19. The van der Waals surface area contributed by atoms with Crippen molar-refractivity contribution in [1.82, 2.24) is 14.7 Å². The van der Waals surface area contributed by atoms with E-state index in [1.807, 2.05) is 38.1 Å². The van der Waals surface area contributed by atoms with E-state index in [1.165, 1.54) is 4.90 Å². The summed E-state index contributed by atoms with van der Waals surface area (Å²) in [6.45, 7) is 3.74. The summed E-state index contributed by atoms with van der Waals surface area (Å²) in [6.07, 6.45) is 0.308. The summed E-state index contributed by atoms with van der Waals surface area (Å²) >= 11 is 0. The number of aliphatic carboxylic acids is 1. The summed E-state index contributed by atoms with van der Waals surface area (Å²) in [5.41, 5.74) is 3.47. The Bertz CT molecular complexity index is 828. The van der Waals surface area contributed by atoms with Crippen LogP contribution in [0.15, 0.2) is 24.3 Å². The van der Waals surface area contributed by atoms with Gasteiger partial charge in [-0.25, -0.2) is 4.79 Å². The van der Waals surface area contributed by atoms with Gasteiger partial charge in [-0.15, -0.1) is 0 Å². The van der Waals surface area contributed by atoms with Crippen molar-refractivity contribution >= 4 is 11.9 Å². The minimum Gasteiger partial charge on any atom is -0.480 e. The number of carboxylic acids is 1. The third-order valence-electron chi connectivity index (χ3n) is 4.64. The minimum atomic E-state index is -1.00. The summed E-state index contributed by atoms with van der Waals surface area (Å²) < 4.78 is 7.34. The van der Waals surface area contributed by atoms with Gasteiger partial charge in [-0.2, -0.15) is 5.10 Å². The van der Waals surface area contributed by atoms with Crippen molar-refractivity contribution < 1.29 is 19.4 Å². The van der Waals surface area contributed by atoms with Gasteiger partial charge in [0.15, 0.2) is 12.4 Å². The number of amides is 1. The van der Waals surface area contributed by atoms with Crippen molar-refractivity contribution in [3.05, 3.63) is 46.8 Å². The number of aryl methyl sites for hydroxylation is 2.